The van der Waals surface area contributed by atoms with Crippen LogP contribution in [0.2, 0.25) is 0 Å². The van der Waals surface area contributed by atoms with Crippen LogP contribution in [0.15, 0.2) is 12.5 Å². The Hall–Kier alpha value is -1.23. The van der Waals surface area contributed by atoms with Gasteiger partial charge in [0.25, 0.3) is 0 Å². The maximum atomic E-state index is 5.50. The highest BCUT2D eigenvalue weighted by Crippen LogP contribution is 2.19. The summed E-state index contributed by atoms with van der Waals surface area (Å²) in [6, 6.07) is 0. The number of aromatic nitrogens is 3. The third kappa shape index (κ3) is 0.640. The Morgan fingerprint density at radius 1 is 1.50 bits per heavy atom. The maximum absolute atomic E-state index is 5.50. The van der Waals surface area contributed by atoms with Crippen molar-refractivity contribution in [1.29, 1.82) is 0 Å². The molecular weight excluding hydrogens is 148 g/mol. The number of nitrogens with zero attached hydrogens (tertiary/aromatic N) is 3. The summed E-state index contributed by atoms with van der Waals surface area (Å²) >= 11 is 1.29. The number of hydrogen-bond donors (Lipinski definition) is 1. The average molecular weight is 152 g/mol. The molecule has 0 aliphatic heterocycles. The molecule has 2 aromatic rings. The van der Waals surface area contributed by atoms with Gasteiger partial charge in [-0.2, -0.15) is 4.37 Å². The van der Waals surface area contributed by atoms with Gasteiger partial charge in [-0.1, -0.05) is 0 Å². The zero-order valence-corrected chi connectivity index (χ0v) is 5.80. The molecule has 2 aromatic heterocycles. The monoisotopic (exact) mass is 152 g/mol. The molecule has 0 saturated carbocycles. The smallest absolute Gasteiger partial charge is 0.148 e. The summed E-state index contributed by atoms with van der Waals surface area (Å²) in [5.41, 5.74) is 5.50. The standard InChI is InChI=1S/C5H4N4S/c6-4-3-1-7-2-8-5(3)10-9-4/h1-2H,(H2,6,9). The zero-order chi connectivity index (χ0) is 6.97. The van der Waals surface area contributed by atoms with Gasteiger partial charge in [-0.15, -0.1) is 0 Å². The van der Waals surface area contributed by atoms with Gasteiger partial charge in [0.1, 0.15) is 17.0 Å². The summed E-state index contributed by atoms with van der Waals surface area (Å²) in [5.74, 6) is 0.514. The van der Waals surface area contributed by atoms with E-state index in [1.165, 1.54) is 17.9 Å². The first-order valence-corrected chi connectivity index (χ1v) is 3.46. The molecule has 10 heavy (non-hydrogen) atoms. The summed E-state index contributed by atoms with van der Waals surface area (Å²) in [6.45, 7) is 0. The van der Waals surface area contributed by atoms with Crippen molar-refractivity contribution in [2.75, 3.05) is 5.73 Å². The van der Waals surface area contributed by atoms with E-state index in [-0.39, 0.29) is 0 Å². The van der Waals surface area contributed by atoms with Gasteiger partial charge in [0.05, 0.1) is 5.39 Å². The predicted molar refractivity (Wildman–Crippen MR) is 39.6 cm³/mol. The van der Waals surface area contributed by atoms with Crippen LogP contribution < -0.4 is 5.73 Å². The van der Waals surface area contributed by atoms with Crippen LogP contribution in [0.3, 0.4) is 0 Å². The second-order valence-corrected chi connectivity index (χ2v) is 2.56. The van der Waals surface area contributed by atoms with E-state index in [4.69, 9.17) is 5.73 Å². The van der Waals surface area contributed by atoms with E-state index < -0.39 is 0 Å². The first-order chi connectivity index (χ1) is 4.88. The Balaban J connectivity index is 2.93. The quantitative estimate of drug-likeness (QED) is 0.602. The molecular formula is C5H4N4S. The van der Waals surface area contributed by atoms with Crippen LogP contribution in [-0.2, 0) is 0 Å². The average Bonchev–Trinajstić information content (AvgIpc) is 2.34. The van der Waals surface area contributed by atoms with Crippen molar-refractivity contribution in [3.63, 3.8) is 0 Å². The Morgan fingerprint density at radius 2 is 2.40 bits per heavy atom. The Kier molecular flexibility index (Phi) is 1.04. The number of hydrogen-bond acceptors (Lipinski definition) is 5. The number of nitrogen functional groups attached to an aromatic ring is 1. The minimum Gasteiger partial charge on any atom is -0.382 e. The van der Waals surface area contributed by atoms with Gasteiger partial charge < -0.3 is 5.73 Å². The third-order valence-electron chi connectivity index (χ3n) is 1.18. The second-order valence-electron chi connectivity index (χ2n) is 1.81. The van der Waals surface area contributed by atoms with Gasteiger partial charge in [0.15, 0.2) is 0 Å². The van der Waals surface area contributed by atoms with Crippen molar-refractivity contribution < 1.29 is 0 Å². The molecule has 5 heteroatoms. The van der Waals surface area contributed by atoms with Crippen LogP contribution in [0.25, 0.3) is 10.2 Å². The number of anilines is 1. The zero-order valence-electron chi connectivity index (χ0n) is 4.98. The van der Waals surface area contributed by atoms with E-state index in [0.717, 1.165) is 10.2 Å². The summed E-state index contributed by atoms with van der Waals surface area (Å²) in [5, 5.41) is 0.840. The molecule has 0 aromatic carbocycles. The van der Waals surface area contributed by atoms with Crippen molar-refractivity contribution in [2.45, 2.75) is 0 Å². The van der Waals surface area contributed by atoms with Crippen LogP contribution in [0.4, 0.5) is 5.82 Å². The predicted octanol–water partition coefficient (Wildman–Crippen LogP) is 0.668. The summed E-state index contributed by atoms with van der Waals surface area (Å²) in [7, 11) is 0. The van der Waals surface area contributed by atoms with E-state index in [2.05, 4.69) is 14.3 Å². The van der Waals surface area contributed by atoms with E-state index >= 15 is 0 Å². The minimum atomic E-state index is 0.514. The summed E-state index contributed by atoms with van der Waals surface area (Å²) in [6.07, 6.45) is 3.15. The van der Waals surface area contributed by atoms with E-state index in [1.54, 1.807) is 6.20 Å². The van der Waals surface area contributed by atoms with Crippen molar-refractivity contribution in [3.8, 4) is 0 Å². The highest BCUT2D eigenvalue weighted by Gasteiger charge is 2.00. The van der Waals surface area contributed by atoms with Gasteiger partial charge in [0.2, 0.25) is 0 Å². The van der Waals surface area contributed by atoms with Crippen LogP contribution in [0.1, 0.15) is 0 Å². The first kappa shape index (κ1) is 5.55. The van der Waals surface area contributed by atoms with Crippen molar-refractivity contribution in [3.05, 3.63) is 12.5 Å². The molecule has 0 aliphatic carbocycles. The topological polar surface area (TPSA) is 64.7 Å². The lowest BCUT2D eigenvalue weighted by molar-refractivity contribution is 1.23. The Bertz CT molecular complexity index is 355. The molecule has 0 atom stereocenters. The van der Waals surface area contributed by atoms with E-state index in [9.17, 15) is 0 Å². The molecule has 0 amide bonds. The molecule has 0 bridgehead atoms. The molecule has 0 radical (unpaired) electrons. The van der Waals surface area contributed by atoms with Gasteiger partial charge in [-0.3, -0.25) is 0 Å². The van der Waals surface area contributed by atoms with Crippen molar-refractivity contribution in [2.24, 2.45) is 0 Å². The first-order valence-electron chi connectivity index (χ1n) is 2.69. The normalized spacial score (nSPS) is 10.4. The van der Waals surface area contributed by atoms with Crippen LogP contribution in [0, 0.1) is 0 Å². The fraction of sp³-hybridized carbons (Fsp3) is 0. The highest BCUT2D eigenvalue weighted by atomic mass is 32.1. The molecule has 2 N–H and O–H groups in total. The molecule has 0 fully saturated rings. The minimum absolute atomic E-state index is 0.514. The Morgan fingerprint density at radius 3 is 3.20 bits per heavy atom. The van der Waals surface area contributed by atoms with Crippen LogP contribution >= 0.6 is 11.5 Å². The number of fused-ring (bicyclic) bond motifs is 1. The van der Waals surface area contributed by atoms with Crippen molar-refractivity contribution >= 4 is 27.6 Å². The van der Waals surface area contributed by atoms with E-state index in [0.29, 0.717) is 5.82 Å². The van der Waals surface area contributed by atoms with E-state index in [1.807, 2.05) is 0 Å². The molecule has 0 aliphatic rings. The maximum Gasteiger partial charge on any atom is 0.148 e. The van der Waals surface area contributed by atoms with Crippen LogP contribution in [0.5, 0.6) is 0 Å². The van der Waals surface area contributed by atoms with Crippen LogP contribution in [-0.4, -0.2) is 14.3 Å². The molecule has 2 heterocycles. The molecule has 0 spiro atoms. The molecule has 50 valence electrons. The second kappa shape index (κ2) is 1.88. The highest BCUT2D eigenvalue weighted by molar-refractivity contribution is 7.13. The molecule has 0 saturated heterocycles. The fourth-order valence-corrected chi connectivity index (χ4v) is 1.34. The van der Waals surface area contributed by atoms with Gasteiger partial charge in [-0.05, 0) is 11.5 Å². The van der Waals surface area contributed by atoms with Gasteiger partial charge in [0, 0.05) is 6.20 Å². The third-order valence-corrected chi connectivity index (χ3v) is 1.97. The Labute approximate surface area is 60.9 Å². The molecule has 0 unspecified atom stereocenters. The lowest BCUT2D eigenvalue weighted by Gasteiger charge is -1.83. The number of nitrogens with two attached hydrogens (primary N) is 1. The fourth-order valence-electron chi connectivity index (χ4n) is 0.708. The molecule has 4 nitrogen and oxygen atoms in total. The number of rotatable bonds is 0. The molecule has 2 rings (SSSR count). The van der Waals surface area contributed by atoms with Gasteiger partial charge in [-0.25, -0.2) is 9.97 Å². The lowest BCUT2D eigenvalue weighted by atomic mass is 10.4. The lowest BCUT2D eigenvalue weighted by Crippen LogP contribution is -1.83. The van der Waals surface area contributed by atoms with Gasteiger partial charge >= 0.3 is 0 Å². The SMILES string of the molecule is Nc1nsc2ncncc12. The summed E-state index contributed by atoms with van der Waals surface area (Å²) in [4.78, 5) is 8.63. The largest absolute Gasteiger partial charge is 0.382 e. The summed E-state index contributed by atoms with van der Waals surface area (Å²) < 4.78 is 3.91. The van der Waals surface area contributed by atoms with Crippen molar-refractivity contribution in [1.82, 2.24) is 14.3 Å².